The number of esters is 1. The molecular weight excluding hydrogens is 413 g/mol. The summed E-state index contributed by atoms with van der Waals surface area (Å²) in [5.41, 5.74) is 6.51. The zero-order valence-electron chi connectivity index (χ0n) is 15.1. The van der Waals surface area contributed by atoms with Gasteiger partial charge in [0.15, 0.2) is 0 Å². The molecule has 2 aromatic carbocycles. The van der Waals surface area contributed by atoms with Crippen LogP contribution in [0.15, 0.2) is 52.3 Å². The maximum atomic E-state index is 11.9. The average molecular weight is 434 g/mol. The van der Waals surface area contributed by atoms with E-state index in [1.54, 1.807) is 18.2 Å². The molecule has 2 N–H and O–H groups in total. The number of nitrogens with two attached hydrogens (primary N) is 1. The van der Waals surface area contributed by atoms with Gasteiger partial charge < -0.3 is 0 Å². The Balaban J connectivity index is 2.03. The van der Waals surface area contributed by atoms with E-state index in [0.717, 1.165) is 14.1 Å². The van der Waals surface area contributed by atoms with Crippen molar-refractivity contribution in [3.63, 3.8) is 0 Å². The first-order chi connectivity index (χ1) is 12.2. The Labute approximate surface area is 164 Å². The predicted molar refractivity (Wildman–Crippen MR) is 104 cm³/mol. The molecule has 0 aliphatic heterocycles. The summed E-state index contributed by atoms with van der Waals surface area (Å²) >= 11 is 0.814. The minimum atomic E-state index is -0.683. The summed E-state index contributed by atoms with van der Waals surface area (Å²) < 4.78 is 10.9. The van der Waals surface area contributed by atoms with Gasteiger partial charge in [-0.1, -0.05) is 0 Å². The van der Waals surface area contributed by atoms with Crippen molar-refractivity contribution < 1.29 is 19.1 Å². The summed E-state index contributed by atoms with van der Waals surface area (Å²) in [6, 6.07) is 12.9. The molecule has 0 bridgehead atoms. The first-order valence-electron chi connectivity index (χ1n) is 7.88. The third-order valence-electron chi connectivity index (χ3n) is 3.11. The maximum absolute atomic E-state index is 11.9. The fourth-order valence-corrected chi connectivity index (χ4v) is 4.57. The number of hydrogen-bond donors (Lipinski definition) is 1. The summed E-state index contributed by atoms with van der Waals surface area (Å²) in [4.78, 5) is 25.3. The van der Waals surface area contributed by atoms with Crippen molar-refractivity contribution in [3.8, 4) is 0 Å². The van der Waals surface area contributed by atoms with Gasteiger partial charge in [-0.25, -0.2) is 0 Å². The third-order valence-corrected chi connectivity index (χ3v) is 5.95. The van der Waals surface area contributed by atoms with Crippen LogP contribution in [0.1, 0.15) is 31.1 Å². The summed E-state index contributed by atoms with van der Waals surface area (Å²) in [6.07, 6.45) is 0. The van der Waals surface area contributed by atoms with Crippen LogP contribution in [-0.4, -0.2) is 39.2 Å². The van der Waals surface area contributed by atoms with Crippen LogP contribution in [0, 0.1) is 0 Å². The van der Waals surface area contributed by atoms with Crippen LogP contribution in [0.25, 0.3) is 0 Å². The number of rotatable bonds is 5. The van der Waals surface area contributed by atoms with Crippen molar-refractivity contribution in [3.05, 3.63) is 48.0 Å². The molecule has 0 amide bonds. The zero-order valence-corrected chi connectivity index (χ0v) is 17.8. The number of benzene rings is 2. The van der Waals surface area contributed by atoms with Crippen molar-refractivity contribution in [2.75, 3.05) is 12.8 Å². The number of carbonyl (C=O) groups excluding carboxylic acids is 2. The molecule has 5 nitrogen and oxygen atoms in total. The Morgan fingerprint density at radius 3 is 2.27 bits per heavy atom. The van der Waals surface area contributed by atoms with Gasteiger partial charge in [0, 0.05) is 0 Å². The van der Waals surface area contributed by atoms with Gasteiger partial charge >= 0.3 is 164 Å². The second kappa shape index (κ2) is 8.65. The molecule has 0 spiro atoms. The van der Waals surface area contributed by atoms with Gasteiger partial charge in [-0.15, -0.1) is 0 Å². The fourth-order valence-electron chi connectivity index (χ4n) is 1.99. The van der Waals surface area contributed by atoms with Crippen molar-refractivity contribution in [1.29, 1.82) is 0 Å². The van der Waals surface area contributed by atoms with E-state index < -0.39 is 27.3 Å². The quantitative estimate of drug-likeness (QED) is 0.441. The van der Waals surface area contributed by atoms with Gasteiger partial charge in [0.25, 0.3) is 0 Å². The van der Waals surface area contributed by atoms with Crippen molar-refractivity contribution in [2.45, 2.75) is 36.2 Å². The number of anilines is 1. The van der Waals surface area contributed by atoms with Crippen molar-refractivity contribution >= 4 is 48.3 Å². The second-order valence-electron chi connectivity index (χ2n) is 6.43. The number of hydrogen-bond acceptors (Lipinski definition) is 6. The van der Waals surface area contributed by atoms with Crippen LogP contribution in [-0.2, 0) is 9.47 Å². The fraction of sp³-hybridized carbons (Fsp3) is 0.263. The molecule has 0 atom stereocenters. The number of methoxy groups -OCH3 is 1. The van der Waals surface area contributed by atoms with Crippen LogP contribution < -0.4 is 10.1 Å². The summed E-state index contributed by atoms with van der Waals surface area (Å²) in [6.45, 7) is 5.59. The Morgan fingerprint density at radius 1 is 1.08 bits per heavy atom. The van der Waals surface area contributed by atoms with E-state index >= 15 is 0 Å². The van der Waals surface area contributed by atoms with E-state index in [2.05, 4.69) is 4.74 Å². The zero-order chi connectivity index (χ0) is 19.3. The first kappa shape index (κ1) is 20.4. The van der Waals surface area contributed by atoms with Crippen LogP contribution >= 0.6 is 11.8 Å². The Kier molecular flexibility index (Phi) is 6.79. The molecule has 0 fully saturated rings. The van der Waals surface area contributed by atoms with Gasteiger partial charge in [0.2, 0.25) is 0 Å². The van der Waals surface area contributed by atoms with E-state index in [0.29, 0.717) is 11.3 Å². The van der Waals surface area contributed by atoms with Gasteiger partial charge in [-0.3, -0.25) is 0 Å². The van der Waals surface area contributed by atoms with E-state index in [4.69, 9.17) is 10.5 Å². The second-order valence-corrected chi connectivity index (χ2v) is 9.87. The first-order valence-corrected chi connectivity index (χ1v) is 10.6. The topological polar surface area (TPSA) is 78.6 Å². The third kappa shape index (κ3) is 6.11. The Bertz CT molecular complexity index is 800. The normalized spacial score (nSPS) is 11.5. The molecule has 0 aromatic heterocycles. The molecule has 0 saturated heterocycles. The number of nitrogen functional groups attached to an aromatic ring is 1. The number of ether oxygens (including phenoxy) is 2. The van der Waals surface area contributed by atoms with Gasteiger partial charge in [-0.2, -0.15) is 0 Å². The molecule has 26 heavy (non-hydrogen) atoms. The molecule has 0 aliphatic carbocycles. The molecule has 2 aromatic rings. The van der Waals surface area contributed by atoms with Gasteiger partial charge in [-0.05, 0) is 0 Å². The molecule has 137 valence electrons. The molecule has 1 radical (unpaired) electrons. The summed E-state index contributed by atoms with van der Waals surface area (Å²) in [5, 5.41) is 0. The average Bonchev–Trinajstić information content (AvgIpc) is 2.56. The SMILES string of the molecule is COC(=O)c1ccc(Sc2ccc([As]C(=O)OC(C)(C)C)cc2)c(N)c1. The van der Waals surface area contributed by atoms with Gasteiger partial charge in [0.1, 0.15) is 0 Å². The van der Waals surface area contributed by atoms with Crippen molar-refractivity contribution in [2.24, 2.45) is 0 Å². The van der Waals surface area contributed by atoms with Crippen LogP contribution in [0.2, 0.25) is 0 Å². The molecule has 0 unspecified atom stereocenters. The van der Waals surface area contributed by atoms with E-state index in [1.807, 2.05) is 45.0 Å². The van der Waals surface area contributed by atoms with Crippen LogP contribution in [0.4, 0.5) is 10.5 Å². The van der Waals surface area contributed by atoms with E-state index in [1.165, 1.54) is 18.9 Å². The Morgan fingerprint density at radius 2 is 1.73 bits per heavy atom. The van der Waals surface area contributed by atoms with Crippen LogP contribution in [0.5, 0.6) is 0 Å². The molecule has 2 rings (SSSR count). The number of carbonyl (C=O) groups is 2. The van der Waals surface area contributed by atoms with E-state index in [9.17, 15) is 9.59 Å². The molecule has 0 heterocycles. The molecular formula is C19H21AsNO4S. The molecule has 7 heteroatoms. The van der Waals surface area contributed by atoms with E-state index in [-0.39, 0.29) is 4.76 Å². The van der Waals surface area contributed by atoms with Gasteiger partial charge in [0.05, 0.1) is 0 Å². The minimum absolute atomic E-state index is 0.156. The molecule has 0 saturated carbocycles. The van der Waals surface area contributed by atoms with Crippen molar-refractivity contribution in [1.82, 2.24) is 0 Å². The molecule has 0 aliphatic rings. The summed E-state index contributed by atoms with van der Waals surface area (Å²) in [5.74, 6) is -0.414. The van der Waals surface area contributed by atoms with Crippen LogP contribution in [0.3, 0.4) is 0 Å². The summed E-state index contributed by atoms with van der Waals surface area (Å²) in [7, 11) is 1.34. The standard InChI is InChI=1S/C19H21AsNO4S/c1-19(2,3)25-18(23)20-13-6-8-14(9-7-13)26-16-10-5-12(11-15(16)21)17(22)24-4/h5-11H,21H2,1-4H3. The Hall–Kier alpha value is -1.91. The predicted octanol–water partition coefficient (Wildman–Crippen LogP) is 3.47. The monoisotopic (exact) mass is 434 g/mol.